The fourth-order valence-corrected chi connectivity index (χ4v) is 12.8. The summed E-state index contributed by atoms with van der Waals surface area (Å²) >= 11 is 9.39. The molecule has 9 rings (SSSR count). The van der Waals surface area contributed by atoms with E-state index in [4.69, 9.17) is 11.6 Å². The van der Waals surface area contributed by atoms with E-state index in [0.717, 1.165) is 34.9 Å². The number of anilines is 6. The van der Waals surface area contributed by atoms with Gasteiger partial charge in [0.2, 0.25) is 0 Å². The summed E-state index contributed by atoms with van der Waals surface area (Å²) in [5, 5.41) is 4.44. The van der Waals surface area contributed by atoms with Crippen LogP contribution in [0.4, 0.5) is 34.1 Å². The molecule has 0 spiro atoms. The molecule has 0 saturated carbocycles. The van der Waals surface area contributed by atoms with Crippen LogP contribution in [0.1, 0.15) is 186 Å². The van der Waals surface area contributed by atoms with E-state index in [1.165, 1.54) is 97.3 Å². The molecule has 64 heavy (non-hydrogen) atoms. The van der Waals surface area contributed by atoms with Gasteiger partial charge in [0, 0.05) is 48.9 Å². The molecule has 0 fully saturated rings. The Labute approximate surface area is 395 Å². The maximum Gasteiger partial charge on any atom is 0.0647 e. The molecule has 3 aliphatic carbocycles. The van der Waals surface area contributed by atoms with Crippen LogP contribution in [0.25, 0.3) is 10.1 Å². The zero-order valence-electron chi connectivity index (χ0n) is 41.7. The number of halogens is 1. The predicted octanol–water partition coefficient (Wildman–Crippen LogP) is 19.0. The summed E-state index contributed by atoms with van der Waals surface area (Å²) in [4.78, 5) is 5.03. The normalized spacial score (nSPS) is 19.8. The first-order valence-electron chi connectivity index (χ1n) is 24.2. The van der Waals surface area contributed by atoms with Crippen LogP contribution < -0.4 is 9.80 Å². The Bertz CT molecular complexity index is 2810. The van der Waals surface area contributed by atoms with E-state index >= 15 is 0 Å². The molecule has 5 aromatic carbocycles. The lowest BCUT2D eigenvalue weighted by atomic mass is 9.63. The monoisotopic (exact) mass is 889 g/mol. The lowest BCUT2D eigenvalue weighted by Crippen LogP contribution is -2.34. The molecule has 0 saturated heterocycles. The summed E-state index contributed by atoms with van der Waals surface area (Å²) in [5.41, 5.74) is 18.9. The van der Waals surface area contributed by atoms with Crippen LogP contribution in [0.5, 0.6) is 0 Å². The second-order valence-corrected chi connectivity index (χ2v) is 25.7. The molecule has 336 valence electrons. The third-order valence-electron chi connectivity index (χ3n) is 16.5. The SMILES string of the molecule is Cc1cc2c(cc1N(c1cccc(C(C)C)c1)c1cc(Cl)cc(N(c3ccc4c(c3)C(C)(C)CCC4(C)C)c3csc4cc5c(cc34)C(C)(C)CCC5(C)C)c1)C(C)(C)CCC2(C)C. The number of hydrogen-bond acceptors (Lipinski definition) is 3. The quantitative estimate of drug-likeness (QED) is 0.158. The number of nitrogens with zero attached hydrogens (tertiary/aromatic N) is 2. The highest BCUT2D eigenvalue weighted by atomic mass is 35.5. The highest BCUT2D eigenvalue weighted by molar-refractivity contribution is 7.17. The van der Waals surface area contributed by atoms with E-state index in [-0.39, 0.29) is 32.5 Å². The fourth-order valence-electron chi connectivity index (χ4n) is 11.6. The molecule has 6 aromatic rings. The summed E-state index contributed by atoms with van der Waals surface area (Å²) in [6.07, 6.45) is 7.08. The molecule has 0 amide bonds. The zero-order chi connectivity index (χ0) is 46.1. The Kier molecular flexibility index (Phi) is 10.7. The average molecular weight is 890 g/mol. The zero-order valence-corrected chi connectivity index (χ0v) is 43.2. The second kappa shape index (κ2) is 15.2. The fraction of sp³-hybridized carbons (Fsp3) is 0.467. The van der Waals surface area contributed by atoms with E-state index in [0.29, 0.717) is 5.92 Å². The minimum atomic E-state index is 0.0575. The second-order valence-electron chi connectivity index (χ2n) is 24.3. The summed E-state index contributed by atoms with van der Waals surface area (Å²) < 4.78 is 1.34. The van der Waals surface area contributed by atoms with Crippen molar-refractivity contribution in [2.45, 2.75) is 181 Å². The standard InChI is InChI=1S/C60H73ClN2S/c1-37(2)39-17-16-18-41(28-39)62(52-34-50-47(27-38(52)3)56(6,7)23-25-59(50,12)13)43-29-40(61)30-44(31-43)63(42-19-20-46-48(32-42)57(8,9)22-21-55(46,4)5)53-36-64-54-35-51-49(33-45(53)54)58(10,11)24-26-60(51,14)15/h16-20,27-37H,21-26H2,1-15H3. The molecule has 0 unspecified atom stereocenters. The van der Waals surface area contributed by atoms with Crippen LogP contribution in [0, 0.1) is 6.92 Å². The van der Waals surface area contributed by atoms with E-state index in [2.05, 4.69) is 204 Å². The van der Waals surface area contributed by atoms with Crippen LogP contribution in [0.2, 0.25) is 5.02 Å². The van der Waals surface area contributed by atoms with Crippen LogP contribution in [-0.2, 0) is 32.5 Å². The molecule has 1 heterocycles. The van der Waals surface area contributed by atoms with Gasteiger partial charge in [-0.05, 0) is 189 Å². The molecule has 0 atom stereocenters. The number of hydrogen-bond donors (Lipinski definition) is 0. The molecule has 4 heteroatoms. The maximum absolute atomic E-state index is 7.51. The highest BCUT2D eigenvalue weighted by Gasteiger charge is 2.41. The van der Waals surface area contributed by atoms with Crippen molar-refractivity contribution in [3.05, 3.63) is 140 Å². The molecule has 0 N–H and O–H groups in total. The Morgan fingerprint density at radius 1 is 0.469 bits per heavy atom. The summed E-state index contributed by atoms with van der Waals surface area (Å²) in [6.45, 7) is 36.1. The highest BCUT2D eigenvalue weighted by Crippen LogP contribution is 2.54. The molecule has 1 aromatic heterocycles. The van der Waals surface area contributed by atoms with E-state index in [1.54, 1.807) is 0 Å². The van der Waals surface area contributed by atoms with Crippen LogP contribution in [0.3, 0.4) is 0 Å². The Morgan fingerprint density at radius 2 is 0.938 bits per heavy atom. The largest absolute Gasteiger partial charge is 0.310 e. The Balaban J connectivity index is 1.32. The van der Waals surface area contributed by atoms with Gasteiger partial charge in [-0.3, -0.25) is 0 Å². The van der Waals surface area contributed by atoms with Gasteiger partial charge in [0.1, 0.15) is 0 Å². The van der Waals surface area contributed by atoms with Crippen molar-refractivity contribution >= 4 is 67.1 Å². The molecule has 0 radical (unpaired) electrons. The van der Waals surface area contributed by atoms with E-state index in [1.807, 2.05) is 11.3 Å². The third-order valence-corrected chi connectivity index (χ3v) is 17.6. The molecule has 0 aliphatic heterocycles. The van der Waals surface area contributed by atoms with Gasteiger partial charge in [-0.1, -0.05) is 133 Å². The Morgan fingerprint density at radius 3 is 1.50 bits per heavy atom. The van der Waals surface area contributed by atoms with Gasteiger partial charge in [-0.25, -0.2) is 0 Å². The average Bonchev–Trinajstić information content (AvgIpc) is 3.63. The van der Waals surface area contributed by atoms with Crippen molar-refractivity contribution in [3.63, 3.8) is 0 Å². The third kappa shape index (κ3) is 7.63. The van der Waals surface area contributed by atoms with Gasteiger partial charge in [0.25, 0.3) is 0 Å². The number of aryl methyl sites for hydroxylation is 1. The number of benzene rings is 5. The first-order chi connectivity index (χ1) is 29.8. The van der Waals surface area contributed by atoms with Gasteiger partial charge < -0.3 is 9.80 Å². The lowest BCUT2D eigenvalue weighted by molar-refractivity contribution is 0.332. The molecule has 0 bridgehead atoms. The Hall–Kier alpha value is -4.05. The first kappa shape index (κ1) is 45.1. The molecular weight excluding hydrogens is 816 g/mol. The van der Waals surface area contributed by atoms with Gasteiger partial charge in [-0.15, -0.1) is 11.3 Å². The first-order valence-corrected chi connectivity index (χ1v) is 25.4. The summed E-state index contributed by atoms with van der Waals surface area (Å²) in [6, 6.07) is 33.4. The van der Waals surface area contributed by atoms with Crippen molar-refractivity contribution in [1.82, 2.24) is 0 Å². The van der Waals surface area contributed by atoms with Crippen molar-refractivity contribution < 1.29 is 0 Å². The van der Waals surface area contributed by atoms with Crippen molar-refractivity contribution in [3.8, 4) is 0 Å². The summed E-state index contributed by atoms with van der Waals surface area (Å²) in [7, 11) is 0. The lowest BCUT2D eigenvalue weighted by Gasteiger charge is -2.43. The van der Waals surface area contributed by atoms with Gasteiger partial charge in [0.15, 0.2) is 0 Å². The van der Waals surface area contributed by atoms with Gasteiger partial charge in [0.05, 0.1) is 5.69 Å². The predicted molar refractivity (Wildman–Crippen MR) is 281 cm³/mol. The van der Waals surface area contributed by atoms with E-state index in [9.17, 15) is 0 Å². The van der Waals surface area contributed by atoms with Crippen molar-refractivity contribution in [1.29, 1.82) is 0 Å². The van der Waals surface area contributed by atoms with E-state index < -0.39 is 0 Å². The van der Waals surface area contributed by atoms with Crippen LogP contribution >= 0.6 is 22.9 Å². The number of fused-ring (bicyclic) bond motifs is 4. The molecule has 2 nitrogen and oxygen atoms in total. The van der Waals surface area contributed by atoms with Crippen molar-refractivity contribution in [2.75, 3.05) is 9.80 Å². The number of thiophene rings is 1. The number of rotatable bonds is 7. The van der Waals surface area contributed by atoms with Crippen LogP contribution in [0.15, 0.2) is 90.3 Å². The molecule has 3 aliphatic rings. The minimum Gasteiger partial charge on any atom is -0.310 e. The topological polar surface area (TPSA) is 6.48 Å². The maximum atomic E-state index is 7.51. The minimum absolute atomic E-state index is 0.0575. The molecular formula is C60H73ClN2S. The van der Waals surface area contributed by atoms with Crippen LogP contribution in [-0.4, -0.2) is 0 Å². The summed E-state index contributed by atoms with van der Waals surface area (Å²) in [5.74, 6) is 0.392. The van der Waals surface area contributed by atoms with Gasteiger partial charge >= 0.3 is 0 Å². The smallest absolute Gasteiger partial charge is 0.0647 e. The van der Waals surface area contributed by atoms with Gasteiger partial charge in [-0.2, -0.15) is 0 Å². The van der Waals surface area contributed by atoms with Crippen molar-refractivity contribution in [2.24, 2.45) is 0 Å².